The molecular weight excluding hydrogens is 416 g/mol. The van der Waals surface area contributed by atoms with E-state index in [1.807, 2.05) is 37.3 Å². The fourth-order valence-electron chi connectivity index (χ4n) is 3.20. The van der Waals surface area contributed by atoms with Crippen molar-refractivity contribution >= 4 is 21.6 Å². The Kier molecular flexibility index (Phi) is 5.81. The second kappa shape index (κ2) is 8.69. The number of carbonyl (C=O) groups is 1. The minimum atomic E-state index is -3.82. The first-order valence-corrected chi connectivity index (χ1v) is 11.3. The molecule has 0 saturated heterocycles. The Balaban J connectivity index is 1.44. The van der Waals surface area contributed by atoms with Crippen LogP contribution in [0.2, 0.25) is 0 Å². The summed E-state index contributed by atoms with van der Waals surface area (Å²) in [6, 6.07) is 20.2. The van der Waals surface area contributed by atoms with Crippen LogP contribution in [0, 0.1) is 0 Å². The van der Waals surface area contributed by atoms with Crippen molar-refractivity contribution in [3.05, 3.63) is 83.9 Å². The highest BCUT2D eigenvalue weighted by Crippen LogP contribution is 2.32. The van der Waals surface area contributed by atoms with Crippen molar-refractivity contribution in [2.45, 2.75) is 17.9 Å². The highest BCUT2D eigenvalue weighted by atomic mass is 32.2. The average molecular weight is 439 g/mol. The monoisotopic (exact) mass is 438 g/mol. The summed E-state index contributed by atoms with van der Waals surface area (Å²) in [4.78, 5) is 12.6. The summed E-state index contributed by atoms with van der Waals surface area (Å²) in [7, 11) is -3.82. The highest BCUT2D eigenvalue weighted by Gasteiger charge is 2.20. The van der Waals surface area contributed by atoms with Crippen molar-refractivity contribution in [1.29, 1.82) is 0 Å². The molecule has 1 amide bonds. The van der Waals surface area contributed by atoms with E-state index in [9.17, 15) is 13.2 Å². The summed E-state index contributed by atoms with van der Waals surface area (Å²) in [6.45, 7) is 2.71. The molecule has 2 N–H and O–H groups in total. The van der Waals surface area contributed by atoms with Gasteiger partial charge in [0.25, 0.3) is 15.9 Å². The van der Waals surface area contributed by atoms with E-state index in [-0.39, 0.29) is 16.8 Å². The van der Waals surface area contributed by atoms with E-state index in [2.05, 4.69) is 10.0 Å². The predicted octanol–water partition coefficient (Wildman–Crippen LogP) is 3.75. The van der Waals surface area contributed by atoms with Gasteiger partial charge in [0.2, 0.25) is 0 Å². The molecule has 0 saturated carbocycles. The molecule has 3 aromatic rings. The molecule has 0 bridgehead atoms. The second-order valence-electron chi connectivity index (χ2n) is 7.09. The predicted molar refractivity (Wildman–Crippen MR) is 117 cm³/mol. The van der Waals surface area contributed by atoms with Crippen LogP contribution in [0.1, 0.15) is 28.9 Å². The highest BCUT2D eigenvalue weighted by molar-refractivity contribution is 7.92. The zero-order valence-electron chi connectivity index (χ0n) is 16.9. The smallest absolute Gasteiger partial charge is 0.262 e. The van der Waals surface area contributed by atoms with Crippen LogP contribution >= 0.6 is 0 Å². The molecule has 1 aliphatic rings. The van der Waals surface area contributed by atoms with E-state index < -0.39 is 10.0 Å². The van der Waals surface area contributed by atoms with Gasteiger partial charge in [-0.15, -0.1) is 0 Å². The number of rotatable bonds is 6. The molecule has 0 aromatic heterocycles. The molecule has 1 heterocycles. The Hall–Kier alpha value is -3.52. The van der Waals surface area contributed by atoms with Crippen LogP contribution in [0.3, 0.4) is 0 Å². The maximum atomic E-state index is 12.7. The van der Waals surface area contributed by atoms with Crippen LogP contribution in [0.15, 0.2) is 77.7 Å². The molecule has 160 valence electrons. The minimum absolute atomic E-state index is 0.0651. The van der Waals surface area contributed by atoms with Crippen LogP contribution in [0.4, 0.5) is 5.69 Å². The first kappa shape index (κ1) is 20.7. The molecule has 1 atom stereocenters. The number of sulfonamides is 1. The Morgan fingerprint density at radius 3 is 2.29 bits per heavy atom. The van der Waals surface area contributed by atoms with E-state index in [0.717, 1.165) is 5.56 Å². The average Bonchev–Trinajstić information content (AvgIpc) is 2.79. The quantitative estimate of drug-likeness (QED) is 0.611. The van der Waals surface area contributed by atoms with Crippen molar-refractivity contribution < 1.29 is 22.7 Å². The molecule has 0 aliphatic carbocycles. The summed E-state index contributed by atoms with van der Waals surface area (Å²) in [6.07, 6.45) is 0. The molecule has 0 fully saturated rings. The summed E-state index contributed by atoms with van der Waals surface area (Å²) in [5.74, 6) is 0.677. The summed E-state index contributed by atoms with van der Waals surface area (Å²) in [5.41, 5.74) is 1.78. The van der Waals surface area contributed by atoms with Gasteiger partial charge in [0.1, 0.15) is 13.2 Å². The van der Waals surface area contributed by atoms with Gasteiger partial charge in [-0.1, -0.05) is 30.3 Å². The molecule has 3 aromatic carbocycles. The lowest BCUT2D eigenvalue weighted by atomic mass is 10.1. The van der Waals surface area contributed by atoms with Gasteiger partial charge in [-0.2, -0.15) is 0 Å². The van der Waals surface area contributed by atoms with Gasteiger partial charge in [0.05, 0.1) is 10.9 Å². The first-order chi connectivity index (χ1) is 14.9. The van der Waals surface area contributed by atoms with Gasteiger partial charge in [0.15, 0.2) is 11.5 Å². The molecule has 4 rings (SSSR count). The standard InChI is InChI=1S/C23H22N2O5S/c1-16(17-5-3-2-4-6-17)24-23(26)18-7-9-19(10-8-18)25-31(27,28)20-11-12-21-22(15-20)30-14-13-29-21/h2-12,15-16,25H,13-14H2,1H3,(H,24,26). The summed E-state index contributed by atoms with van der Waals surface area (Å²) in [5, 5.41) is 2.93. The van der Waals surface area contributed by atoms with E-state index >= 15 is 0 Å². The molecule has 1 unspecified atom stereocenters. The number of anilines is 1. The SMILES string of the molecule is CC(NC(=O)c1ccc(NS(=O)(=O)c2ccc3c(c2)OCCO3)cc1)c1ccccc1. The molecule has 1 aliphatic heterocycles. The number of nitrogens with one attached hydrogen (secondary N) is 2. The maximum Gasteiger partial charge on any atom is 0.262 e. The van der Waals surface area contributed by atoms with Crippen molar-refractivity contribution in [2.24, 2.45) is 0 Å². The third kappa shape index (κ3) is 4.80. The van der Waals surface area contributed by atoms with E-state index in [1.54, 1.807) is 30.3 Å². The Labute approximate surface area is 181 Å². The van der Waals surface area contributed by atoms with Crippen LogP contribution in [0.5, 0.6) is 11.5 Å². The number of benzene rings is 3. The Morgan fingerprint density at radius 2 is 1.58 bits per heavy atom. The number of hydrogen-bond donors (Lipinski definition) is 2. The third-order valence-electron chi connectivity index (χ3n) is 4.87. The number of ether oxygens (including phenoxy) is 2. The zero-order chi connectivity index (χ0) is 21.8. The van der Waals surface area contributed by atoms with E-state index in [4.69, 9.17) is 9.47 Å². The van der Waals surface area contributed by atoms with Crippen LogP contribution in [-0.2, 0) is 10.0 Å². The minimum Gasteiger partial charge on any atom is -0.486 e. The summed E-state index contributed by atoms with van der Waals surface area (Å²) >= 11 is 0. The van der Waals surface area contributed by atoms with Gasteiger partial charge >= 0.3 is 0 Å². The lowest BCUT2D eigenvalue weighted by Crippen LogP contribution is -2.26. The number of carbonyl (C=O) groups excluding carboxylic acids is 1. The second-order valence-corrected chi connectivity index (χ2v) is 8.78. The van der Waals surface area contributed by atoms with E-state index in [1.165, 1.54) is 12.1 Å². The van der Waals surface area contributed by atoms with Crippen LogP contribution in [0.25, 0.3) is 0 Å². The van der Waals surface area contributed by atoms with Crippen molar-refractivity contribution in [3.63, 3.8) is 0 Å². The molecular formula is C23H22N2O5S. The van der Waals surface area contributed by atoms with Crippen molar-refractivity contribution in [3.8, 4) is 11.5 Å². The molecule has 0 radical (unpaired) electrons. The number of hydrogen-bond acceptors (Lipinski definition) is 5. The number of fused-ring (bicyclic) bond motifs is 1. The fourth-order valence-corrected chi connectivity index (χ4v) is 4.27. The Bertz CT molecular complexity index is 1180. The zero-order valence-corrected chi connectivity index (χ0v) is 17.7. The molecule has 31 heavy (non-hydrogen) atoms. The first-order valence-electron chi connectivity index (χ1n) is 9.81. The van der Waals surface area contributed by atoms with Gasteiger partial charge in [-0.05, 0) is 48.9 Å². The third-order valence-corrected chi connectivity index (χ3v) is 6.25. The topological polar surface area (TPSA) is 93.7 Å². The van der Waals surface area contributed by atoms with Crippen LogP contribution < -0.4 is 19.5 Å². The van der Waals surface area contributed by atoms with Gasteiger partial charge in [0, 0.05) is 17.3 Å². The number of amides is 1. The molecule has 0 spiro atoms. The fraction of sp³-hybridized carbons (Fsp3) is 0.174. The van der Waals surface area contributed by atoms with Crippen LogP contribution in [-0.4, -0.2) is 27.5 Å². The van der Waals surface area contributed by atoms with E-state index in [0.29, 0.717) is 36.0 Å². The van der Waals surface area contributed by atoms with Crippen molar-refractivity contribution in [2.75, 3.05) is 17.9 Å². The maximum absolute atomic E-state index is 12.7. The largest absolute Gasteiger partial charge is 0.486 e. The Morgan fingerprint density at radius 1 is 0.903 bits per heavy atom. The normalized spacial score (nSPS) is 13.8. The lowest BCUT2D eigenvalue weighted by molar-refractivity contribution is 0.0940. The van der Waals surface area contributed by atoms with Gasteiger partial charge in [-0.3, -0.25) is 9.52 Å². The van der Waals surface area contributed by atoms with Gasteiger partial charge in [-0.25, -0.2) is 8.42 Å². The van der Waals surface area contributed by atoms with Crippen molar-refractivity contribution in [1.82, 2.24) is 5.32 Å². The summed E-state index contributed by atoms with van der Waals surface area (Å²) < 4.78 is 38.8. The lowest BCUT2D eigenvalue weighted by Gasteiger charge is -2.19. The molecule has 8 heteroatoms. The molecule has 7 nitrogen and oxygen atoms in total. The van der Waals surface area contributed by atoms with Gasteiger partial charge < -0.3 is 14.8 Å².